The minimum absolute atomic E-state index is 0.0332. The molecule has 118 valence electrons. The summed E-state index contributed by atoms with van der Waals surface area (Å²) in [6, 6.07) is 2.83. The number of carbonyl (C=O) groups excluding carboxylic acids is 1. The molecule has 1 atom stereocenters. The Morgan fingerprint density at radius 2 is 2.00 bits per heavy atom. The van der Waals surface area contributed by atoms with Crippen LogP contribution in [0, 0.1) is 13.8 Å². The summed E-state index contributed by atoms with van der Waals surface area (Å²) in [7, 11) is 3.09. The molecule has 0 spiro atoms. The molecular weight excluding hydrogens is 314 g/mol. The van der Waals surface area contributed by atoms with E-state index in [4.69, 9.17) is 15.4 Å². The number of rotatable bonds is 6. The van der Waals surface area contributed by atoms with E-state index in [1.807, 2.05) is 6.92 Å². The molecule has 0 aliphatic heterocycles. The van der Waals surface area contributed by atoms with E-state index in [0.717, 1.165) is 0 Å². The van der Waals surface area contributed by atoms with Crippen LogP contribution >= 0.6 is 10.7 Å². The standard InChI is InChI=1S/C14H20ClNO4S/c1-5-12(8-20-4)16-14(17)11-6-9(2)10(3)13(7-11)21(15,18)19/h6-7,12H,5,8H2,1-4H3,(H,16,17). The average molecular weight is 334 g/mol. The Balaban J connectivity index is 3.14. The number of amides is 1. The zero-order valence-electron chi connectivity index (χ0n) is 12.6. The monoisotopic (exact) mass is 333 g/mol. The smallest absolute Gasteiger partial charge is 0.261 e. The molecule has 1 unspecified atom stereocenters. The number of benzene rings is 1. The highest BCUT2D eigenvalue weighted by Crippen LogP contribution is 2.24. The summed E-state index contributed by atoms with van der Waals surface area (Å²) in [5, 5.41) is 2.81. The quantitative estimate of drug-likeness (QED) is 0.811. The molecule has 7 heteroatoms. The molecule has 0 saturated carbocycles. The molecule has 1 rings (SSSR count). The lowest BCUT2D eigenvalue weighted by Gasteiger charge is -2.17. The Kier molecular flexibility index (Phi) is 6.19. The third-order valence-electron chi connectivity index (χ3n) is 3.34. The SMILES string of the molecule is CCC(COC)NC(=O)c1cc(C)c(C)c(S(=O)(=O)Cl)c1. The second kappa shape index (κ2) is 7.24. The maximum atomic E-state index is 12.2. The fraction of sp³-hybridized carbons (Fsp3) is 0.500. The first kappa shape index (κ1) is 17.9. The van der Waals surface area contributed by atoms with Crippen LogP contribution in [-0.4, -0.2) is 34.1 Å². The third-order valence-corrected chi connectivity index (χ3v) is 4.79. The zero-order chi connectivity index (χ0) is 16.2. The van der Waals surface area contributed by atoms with E-state index in [1.54, 1.807) is 27.0 Å². The first-order chi connectivity index (χ1) is 9.70. The number of nitrogens with one attached hydrogen (secondary N) is 1. The van der Waals surface area contributed by atoms with Crippen molar-refractivity contribution in [2.45, 2.75) is 38.1 Å². The molecule has 0 aliphatic carbocycles. The van der Waals surface area contributed by atoms with Gasteiger partial charge in [-0.3, -0.25) is 4.79 Å². The van der Waals surface area contributed by atoms with Gasteiger partial charge in [0.1, 0.15) is 0 Å². The lowest BCUT2D eigenvalue weighted by molar-refractivity contribution is 0.0894. The maximum absolute atomic E-state index is 12.2. The number of halogens is 1. The Morgan fingerprint density at radius 3 is 2.48 bits per heavy atom. The first-order valence-electron chi connectivity index (χ1n) is 6.56. The van der Waals surface area contributed by atoms with Crippen LogP contribution < -0.4 is 5.32 Å². The molecule has 0 radical (unpaired) electrons. The van der Waals surface area contributed by atoms with Crippen molar-refractivity contribution in [3.8, 4) is 0 Å². The summed E-state index contributed by atoms with van der Waals surface area (Å²) in [6.07, 6.45) is 0.713. The van der Waals surface area contributed by atoms with Gasteiger partial charge in [0.2, 0.25) is 0 Å². The van der Waals surface area contributed by atoms with Gasteiger partial charge in [0.25, 0.3) is 15.0 Å². The van der Waals surface area contributed by atoms with Crippen molar-refractivity contribution in [3.63, 3.8) is 0 Å². The molecule has 1 aromatic rings. The van der Waals surface area contributed by atoms with Crippen LogP contribution in [0.5, 0.6) is 0 Å². The molecule has 0 fully saturated rings. The van der Waals surface area contributed by atoms with E-state index in [1.165, 1.54) is 6.07 Å². The summed E-state index contributed by atoms with van der Waals surface area (Å²) in [6.45, 7) is 5.73. The average Bonchev–Trinajstić information content (AvgIpc) is 2.39. The molecular formula is C14H20ClNO4S. The summed E-state index contributed by atoms with van der Waals surface area (Å²) in [4.78, 5) is 12.2. The molecule has 1 amide bonds. The van der Waals surface area contributed by atoms with Gasteiger partial charge in [-0.25, -0.2) is 8.42 Å². The van der Waals surface area contributed by atoms with Gasteiger partial charge in [0, 0.05) is 23.4 Å². The van der Waals surface area contributed by atoms with Crippen LogP contribution in [0.4, 0.5) is 0 Å². The minimum Gasteiger partial charge on any atom is -0.383 e. The van der Waals surface area contributed by atoms with Crippen LogP contribution in [0.1, 0.15) is 34.8 Å². The lowest BCUT2D eigenvalue weighted by atomic mass is 10.1. The highest BCUT2D eigenvalue weighted by atomic mass is 35.7. The third kappa shape index (κ3) is 4.69. The molecule has 1 N–H and O–H groups in total. The predicted octanol–water partition coefficient (Wildman–Crippen LogP) is 2.39. The molecule has 0 aromatic heterocycles. The number of aryl methyl sites for hydroxylation is 1. The van der Waals surface area contributed by atoms with Crippen molar-refractivity contribution in [1.82, 2.24) is 5.32 Å². The van der Waals surface area contributed by atoms with Crippen molar-refractivity contribution < 1.29 is 17.9 Å². The van der Waals surface area contributed by atoms with Gasteiger partial charge in [0.15, 0.2) is 0 Å². The number of carbonyl (C=O) groups is 1. The predicted molar refractivity (Wildman–Crippen MR) is 82.4 cm³/mol. The van der Waals surface area contributed by atoms with Crippen LogP contribution in [0.3, 0.4) is 0 Å². The van der Waals surface area contributed by atoms with E-state index in [0.29, 0.717) is 24.2 Å². The van der Waals surface area contributed by atoms with Gasteiger partial charge in [-0.05, 0) is 43.5 Å². The fourth-order valence-corrected chi connectivity index (χ4v) is 3.22. The lowest BCUT2D eigenvalue weighted by Crippen LogP contribution is -2.37. The molecule has 5 nitrogen and oxygen atoms in total. The fourth-order valence-electron chi connectivity index (χ4n) is 1.94. The van der Waals surface area contributed by atoms with E-state index in [9.17, 15) is 13.2 Å². The molecule has 21 heavy (non-hydrogen) atoms. The topological polar surface area (TPSA) is 72.5 Å². The van der Waals surface area contributed by atoms with Crippen molar-refractivity contribution in [1.29, 1.82) is 0 Å². The Labute approximate surface area is 130 Å². The van der Waals surface area contributed by atoms with E-state index in [2.05, 4.69) is 5.32 Å². The van der Waals surface area contributed by atoms with Gasteiger partial charge in [-0.2, -0.15) is 0 Å². The molecule has 0 aliphatic rings. The number of hydrogen-bond donors (Lipinski definition) is 1. The minimum atomic E-state index is -3.89. The van der Waals surface area contributed by atoms with Crippen molar-refractivity contribution in [2.75, 3.05) is 13.7 Å². The summed E-state index contributed by atoms with van der Waals surface area (Å²) < 4.78 is 28.2. The van der Waals surface area contributed by atoms with Crippen molar-refractivity contribution in [2.24, 2.45) is 0 Å². The van der Waals surface area contributed by atoms with Crippen molar-refractivity contribution in [3.05, 3.63) is 28.8 Å². The Morgan fingerprint density at radius 1 is 1.38 bits per heavy atom. The van der Waals surface area contributed by atoms with Crippen LogP contribution in [0.25, 0.3) is 0 Å². The largest absolute Gasteiger partial charge is 0.383 e. The number of hydrogen-bond acceptors (Lipinski definition) is 4. The van der Waals surface area contributed by atoms with Crippen LogP contribution in [0.2, 0.25) is 0 Å². The van der Waals surface area contributed by atoms with E-state index < -0.39 is 9.05 Å². The highest BCUT2D eigenvalue weighted by Gasteiger charge is 2.19. The zero-order valence-corrected chi connectivity index (χ0v) is 14.1. The molecule has 0 bridgehead atoms. The second-order valence-corrected chi connectivity index (χ2v) is 7.42. The second-order valence-electron chi connectivity index (χ2n) is 4.89. The molecule has 1 aromatic carbocycles. The first-order valence-corrected chi connectivity index (χ1v) is 8.87. The van der Waals surface area contributed by atoms with Gasteiger partial charge in [-0.1, -0.05) is 6.92 Å². The summed E-state index contributed by atoms with van der Waals surface area (Å²) >= 11 is 0. The highest BCUT2D eigenvalue weighted by molar-refractivity contribution is 8.13. The Hall–Kier alpha value is -1.11. The van der Waals surface area contributed by atoms with Crippen LogP contribution in [-0.2, 0) is 13.8 Å². The molecule has 0 heterocycles. The van der Waals surface area contributed by atoms with Gasteiger partial charge in [0.05, 0.1) is 17.5 Å². The van der Waals surface area contributed by atoms with Gasteiger partial charge >= 0.3 is 0 Å². The number of methoxy groups -OCH3 is 1. The van der Waals surface area contributed by atoms with E-state index >= 15 is 0 Å². The van der Waals surface area contributed by atoms with Gasteiger partial charge < -0.3 is 10.1 Å². The number of ether oxygens (including phenoxy) is 1. The van der Waals surface area contributed by atoms with Crippen LogP contribution in [0.15, 0.2) is 17.0 Å². The summed E-state index contributed by atoms with van der Waals surface area (Å²) in [5.41, 5.74) is 1.51. The summed E-state index contributed by atoms with van der Waals surface area (Å²) in [5.74, 6) is -0.344. The van der Waals surface area contributed by atoms with Crippen molar-refractivity contribution >= 4 is 25.6 Å². The Bertz CT molecular complexity index is 628. The normalized spacial score (nSPS) is 13.0. The molecule has 0 saturated heterocycles. The van der Waals surface area contributed by atoms with Gasteiger partial charge in [-0.15, -0.1) is 0 Å². The van der Waals surface area contributed by atoms with E-state index in [-0.39, 0.29) is 22.4 Å². The maximum Gasteiger partial charge on any atom is 0.261 e.